The summed E-state index contributed by atoms with van der Waals surface area (Å²) in [6.07, 6.45) is 0. The van der Waals surface area contributed by atoms with Crippen molar-refractivity contribution in [3.63, 3.8) is 0 Å². The van der Waals surface area contributed by atoms with Gasteiger partial charge >= 0.3 is 0 Å². The first-order chi connectivity index (χ1) is 12.0. The van der Waals surface area contributed by atoms with Gasteiger partial charge in [0.15, 0.2) is 0 Å². The molecule has 0 saturated carbocycles. The lowest BCUT2D eigenvalue weighted by Gasteiger charge is -2.19. The molecule has 2 amide bonds. The lowest BCUT2D eigenvalue weighted by molar-refractivity contribution is -0.120. The van der Waals surface area contributed by atoms with Crippen molar-refractivity contribution >= 4 is 23.4 Å². The molecule has 1 aromatic heterocycles. The van der Waals surface area contributed by atoms with Gasteiger partial charge in [-0.1, -0.05) is 24.2 Å². The minimum absolute atomic E-state index is 0.0651. The van der Waals surface area contributed by atoms with E-state index in [1.165, 1.54) is 0 Å². The number of aromatic nitrogens is 1. The number of methoxy groups -OCH3 is 1. The number of nitrogens with one attached hydrogen (secondary N) is 2. The van der Waals surface area contributed by atoms with Crippen LogP contribution in [0.2, 0.25) is 0 Å². The highest BCUT2D eigenvalue weighted by Gasteiger charge is 2.15. The molecule has 0 spiro atoms. The minimum Gasteiger partial charge on any atom is -0.495 e. The lowest BCUT2D eigenvalue weighted by atomic mass is 10.3. The largest absolute Gasteiger partial charge is 0.495 e. The average molecular weight is 346 g/mol. The second-order valence-electron chi connectivity index (χ2n) is 5.43. The van der Waals surface area contributed by atoms with Gasteiger partial charge in [-0.2, -0.15) is 0 Å². The summed E-state index contributed by atoms with van der Waals surface area (Å²) >= 11 is 0. The Balaban J connectivity index is 1.87. The summed E-state index contributed by atoms with van der Waals surface area (Å²) in [6.45, 7) is 4.33. The monoisotopic (exact) mass is 346 g/mol. The smallest absolute Gasteiger partial charge is 0.240 e. The molecule has 0 unspecified atom stereocenters. The third-order valence-electron chi connectivity index (χ3n) is 3.45. The molecule has 1 aromatic carbocycles. The van der Waals surface area contributed by atoms with Gasteiger partial charge in [0, 0.05) is 6.07 Å². The highest BCUT2D eigenvalue weighted by molar-refractivity contribution is 5.95. The number of aryl methyl sites for hydroxylation is 1. The Labute approximate surface area is 146 Å². The molecule has 2 N–H and O–H groups in total. The fraction of sp³-hybridized carbons (Fsp3) is 0.353. The molecule has 0 saturated heterocycles. The van der Waals surface area contributed by atoms with Crippen LogP contribution in [-0.4, -0.2) is 48.6 Å². The zero-order chi connectivity index (χ0) is 18.2. The molecule has 8 nitrogen and oxygen atoms in total. The van der Waals surface area contributed by atoms with Crippen molar-refractivity contribution in [3.05, 3.63) is 36.0 Å². The maximum Gasteiger partial charge on any atom is 0.240 e. The van der Waals surface area contributed by atoms with Crippen molar-refractivity contribution in [2.45, 2.75) is 13.8 Å². The SMILES string of the molecule is CCN(CC(=O)Nc1cc(C)no1)CC(=O)Nc1ccccc1OC. The minimum atomic E-state index is -0.275. The Morgan fingerprint density at radius 3 is 2.48 bits per heavy atom. The number of hydrogen-bond acceptors (Lipinski definition) is 6. The average Bonchev–Trinajstić information content (AvgIpc) is 2.99. The second kappa shape index (κ2) is 8.84. The Morgan fingerprint density at radius 2 is 1.88 bits per heavy atom. The summed E-state index contributed by atoms with van der Waals surface area (Å²) in [4.78, 5) is 26.0. The van der Waals surface area contributed by atoms with Crippen molar-refractivity contribution < 1.29 is 18.8 Å². The van der Waals surface area contributed by atoms with Crippen LogP contribution >= 0.6 is 0 Å². The van der Waals surface area contributed by atoms with Crippen LogP contribution in [0.3, 0.4) is 0 Å². The molecular formula is C17H22N4O4. The van der Waals surface area contributed by atoms with Gasteiger partial charge in [-0.05, 0) is 25.6 Å². The van der Waals surface area contributed by atoms with Gasteiger partial charge in [0.25, 0.3) is 0 Å². The molecule has 0 aliphatic carbocycles. The number of ether oxygens (including phenoxy) is 1. The number of hydrogen-bond donors (Lipinski definition) is 2. The van der Waals surface area contributed by atoms with E-state index in [1.807, 2.05) is 19.1 Å². The van der Waals surface area contributed by atoms with Crippen molar-refractivity contribution in [3.8, 4) is 5.75 Å². The van der Waals surface area contributed by atoms with Gasteiger partial charge in [-0.25, -0.2) is 0 Å². The summed E-state index contributed by atoms with van der Waals surface area (Å²) < 4.78 is 10.1. The molecule has 134 valence electrons. The number of para-hydroxylation sites is 2. The number of rotatable bonds is 8. The summed E-state index contributed by atoms with van der Waals surface area (Å²) in [7, 11) is 1.54. The molecule has 2 aromatic rings. The fourth-order valence-corrected chi connectivity index (χ4v) is 2.22. The summed E-state index contributed by atoms with van der Waals surface area (Å²) in [5, 5.41) is 9.10. The number of likely N-dealkylation sites (N-methyl/N-ethyl adjacent to an activating group) is 1. The van der Waals surface area contributed by atoms with Crippen molar-refractivity contribution in [1.29, 1.82) is 0 Å². The molecular weight excluding hydrogens is 324 g/mol. The highest BCUT2D eigenvalue weighted by atomic mass is 16.5. The lowest BCUT2D eigenvalue weighted by Crippen LogP contribution is -2.38. The predicted molar refractivity (Wildman–Crippen MR) is 93.6 cm³/mol. The first-order valence-electron chi connectivity index (χ1n) is 7.90. The Kier molecular flexibility index (Phi) is 6.53. The van der Waals surface area contributed by atoms with Gasteiger partial charge in [0.05, 0.1) is 31.6 Å². The van der Waals surface area contributed by atoms with Crippen LogP contribution in [0.15, 0.2) is 34.9 Å². The van der Waals surface area contributed by atoms with E-state index in [-0.39, 0.29) is 30.8 Å². The van der Waals surface area contributed by atoms with E-state index in [2.05, 4.69) is 15.8 Å². The van der Waals surface area contributed by atoms with E-state index in [0.717, 1.165) is 0 Å². The number of carbonyl (C=O) groups excluding carboxylic acids is 2. The number of nitrogens with zero attached hydrogens (tertiary/aromatic N) is 2. The van der Waals surface area contributed by atoms with Gasteiger partial charge in [0.1, 0.15) is 5.75 Å². The van der Waals surface area contributed by atoms with E-state index < -0.39 is 0 Å². The Bertz CT molecular complexity index is 729. The van der Waals surface area contributed by atoms with E-state index in [1.54, 1.807) is 37.1 Å². The number of carbonyl (C=O) groups is 2. The van der Waals surface area contributed by atoms with Crippen LogP contribution in [0.25, 0.3) is 0 Å². The van der Waals surface area contributed by atoms with Crippen LogP contribution in [0.4, 0.5) is 11.6 Å². The summed E-state index contributed by atoms with van der Waals surface area (Å²) in [5.74, 6) is 0.368. The fourth-order valence-electron chi connectivity index (χ4n) is 2.22. The molecule has 8 heteroatoms. The van der Waals surface area contributed by atoms with Gasteiger partial charge in [-0.15, -0.1) is 0 Å². The number of anilines is 2. The Morgan fingerprint density at radius 1 is 1.20 bits per heavy atom. The molecule has 0 bridgehead atoms. The molecule has 2 rings (SSSR count). The number of benzene rings is 1. The quantitative estimate of drug-likeness (QED) is 0.758. The molecule has 0 aliphatic heterocycles. The number of amides is 2. The summed E-state index contributed by atoms with van der Waals surface area (Å²) in [5.41, 5.74) is 1.27. The van der Waals surface area contributed by atoms with Crippen molar-refractivity contribution in [1.82, 2.24) is 10.1 Å². The first-order valence-corrected chi connectivity index (χ1v) is 7.90. The van der Waals surface area contributed by atoms with Crippen LogP contribution in [-0.2, 0) is 9.59 Å². The second-order valence-corrected chi connectivity index (χ2v) is 5.43. The van der Waals surface area contributed by atoms with E-state index in [0.29, 0.717) is 23.7 Å². The highest BCUT2D eigenvalue weighted by Crippen LogP contribution is 2.22. The maximum absolute atomic E-state index is 12.2. The van der Waals surface area contributed by atoms with Gasteiger partial charge < -0.3 is 14.6 Å². The van der Waals surface area contributed by atoms with Crippen LogP contribution in [0.1, 0.15) is 12.6 Å². The molecule has 0 atom stereocenters. The van der Waals surface area contributed by atoms with Crippen molar-refractivity contribution in [2.24, 2.45) is 0 Å². The van der Waals surface area contributed by atoms with E-state index in [4.69, 9.17) is 9.26 Å². The standard InChI is InChI=1S/C17H22N4O4/c1-4-21(11-16(23)19-17-9-12(2)20-25-17)10-15(22)18-13-7-5-6-8-14(13)24-3/h5-9H,4,10-11H2,1-3H3,(H,18,22)(H,19,23). The topological polar surface area (TPSA) is 96.7 Å². The molecule has 0 radical (unpaired) electrons. The normalized spacial score (nSPS) is 10.6. The van der Waals surface area contributed by atoms with Crippen LogP contribution in [0, 0.1) is 6.92 Å². The third kappa shape index (κ3) is 5.61. The zero-order valence-corrected chi connectivity index (χ0v) is 14.5. The van der Waals surface area contributed by atoms with Gasteiger partial charge in [0.2, 0.25) is 17.7 Å². The molecule has 25 heavy (non-hydrogen) atoms. The first kappa shape index (κ1) is 18.5. The van der Waals surface area contributed by atoms with Crippen LogP contribution in [0.5, 0.6) is 5.75 Å². The van der Waals surface area contributed by atoms with Crippen LogP contribution < -0.4 is 15.4 Å². The van der Waals surface area contributed by atoms with Crippen molar-refractivity contribution in [2.75, 3.05) is 37.4 Å². The Hall–Kier alpha value is -2.87. The predicted octanol–water partition coefficient (Wildman–Crippen LogP) is 1.89. The maximum atomic E-state index is 12.2. The molecule has 0 fully saturated rings. The summed E-state index contributed by atoms with van der Waals surface area (Å²) in [6, 6.07) is 8.78. The van der Waals surface area contributed by atoms with E-state index in [9.17, 15) is 9.59 Å². The molecule has 0 aliphatic rings. The van der Waals surface area contributed by atoms with E-state index >= 15 is 0 Å². The molecule has 1 heterocycles. The zero-order valence-electron chi connectivity index (χ0n) is 14.5. The van der Waals surface area contributed by atoms with Gasteiger partial charge in [-0.3, -0.25) is 19.8 Å². The third-order valence-corrected chi connectivity index (χ3v) is 3.45.